The van der Waals surface area contributed by atoms with Crippen molar-refractivity contribution in [2.24, 2.45) is 10.4 Å². The quantitative estimate of drug-likeness (QED) is 0.562. The average molecular weight is 189 g/mol. The van der Waals surface area contributed by atoms with Crippen LogP contribution in [0.2, 0.25) is 0 Å². The van der Waals surface area contributed by atoms with Crippen LogP contribution in [0.15, 0.2) is 17.1 Å². The first-order valence-electron chi connectivity index (χ1n) is 5.29. The van der Waals surface area contributed by atoms with Crippen LogP contribution in [0.5, 0.6) is 0 Å². The molecule has 1 aliphatic heterocycles. The molecule has 0 amide bonds. The maximum Gasteiger partial charge on any atom is 0.107 e. The first-order valence-corrected chi connectivity index (χ1v) is 5.29. The molecule has 14 heavy (non-hydrogen) atoms. The predicted molar refractivity (Wildman–Crippen MR) is 62.5 cm³/mol. The number of hydrogen-bond acceptors (Lipinski definition) is 1. The Hall–Kier alpha value is -1.03. The molecule has 0 aromatic rings. The van der Waals surface area contributed by atoms with Crippen LogP contribution in [0.1, 0.15) is 40.5 Å². The number of dihydropyridines is 1. The summed E-state index contributed by atoms with van der Waals surface area (Å²) in [5.74, 6) is 6.34. The van der Waals surface area contributed by atoms with E-state index in [1.54, 1.807) is 0 Å². The minimum Gasteiger partial charge on any atom is -0.273 e. The molecule has 0 radical (unpaired) electrons. The van der Waals surface area contributed by atoms with Gasteiger partial charge in [0.05, 0.1) is 6.04 Å². The van der Waals surface area contributed by atoms with E-state index in [1.807, 2.05) is 6.08 Å². The SMILES string of the molecule is CC[C@@H]1CC=CC(C#CC(C)(C)C)=N1. The number of rotatable bonds is 1. The molecular formula is C13H19N. The van der Waals surface area contributed by atoms with Crippen molar-refractivity contribution < 1.29 is 0 Å². The van der Waals surface area contributed by atoms with Crippen molar-refractivity contribution in [2.75, 3.05) is 0 Å². The smallest absolute Gasteiger partial charge is 0.107 e. The zero-order chi connectivity index (χ0) is 10.6. The molecule has 0 fully saturated rings. The van der Waals surface area contributed by atoms with Gasteiger partial charge in [0.2, 0.25) is 0 Å². The fourth-order valence-corrected chi connectivity index (χ4v) is 1.21. The normalized spacial score (nSPS) is 21.1. The lowest BCUT2D eigenvalue weighted by atomic mass is 9.97. The maximum absolute atomic E-state index is 4.56. The highest BCUT2D eigenvalue weighted by molar-refractivity contribution is 6.09. The molecule has 76 valence electrons. The van der Waals surface area contributed by atoms with Crippen LogP contribution in [0.3, 0.4) is 0 Å². The van der Waals surface area contributed by atoms with Gasteiger partial charge in [-0.15, -0.1) is 0 Å². The van der Waals surface area contributed by atoms with Gasteiger partial charge in [-0.05, 0) is 45.6 Å². The van der Waals surface area contributed by atoms with Crippen molar-refractivity contribution in [1.29, 1.82) is 0 Å². The minimum absolute atomic E-state index is 0.0650. The third-order valence-electron chi connectivity index (χ3n) is 2.04. The Bertz CT molecular complexity index is 304. The van der Waals surface area contributed by atoms with Gasteiger partial charge >= 0.3 is 0 Å². The van der Waals surface area contributed by atoms with E-state index < -0.39 is 0 Å². The molecule has 0 saturated carbocycles. The van der Waals surface area contributed by atoms with Gasteiger partial charge in [-0.3, -0.25) is 4.99 Å². The topological polar surface area (TPSA) is 12.4 Å². The van der Waals surface area contributed by atoms with E-state index >= 15 is 0 Å². The second-order valence-electron chi connectivity index (χ2n) is 4.71. The Morgan fingerprint density at radius 3 is 2.79 bits per heavy atom. The summed E-state index contributed by atoms with van der Waals surface area (Å²) in [6.07, 6.45) is 6.38. The molecule has 0 saturated heterocycles. The molecule has 0 aromatic carbocycles. The zero-order valence-electron chi connectivity index (χ0n) is 9.59. The Balaban J connectivity index is 2.73. The van der Waals surface area contributed by atoms with E-state index in [4.69, 9.17) is 0 Å². The van der Waals surface area contributed by atoms with E-state index in [0.29, 0.717) is 6.04 Å². The first kappa shape index (κ1) is 11.0. The molecule has 1 aliphatic rings. The molecule has 0 bridgehead atoms. The van der Waals surface area contributed by atoms with E-state index in [2.05, 4.69) is 50.6 Å². The van der Waals surface area contributed by atoms with Crippen molar-refractivity contribution in [2.45, 2.75) is 46.6 Å². The van der Waals surface area contributed by atoms with Gasteiger partial charge in [0, 0.05) is 5.41 Å². The molecule has 0 N–H and O–H groups in total. The van der Waals surface area contributed by atoms with Crippen LogP contribution < -0.4 is 0 Å². The molecule has 0 aromatic heterocycles. The summed E-state index contributed by atoms with van der Waals surface area (Å²) in [5.41, 5.74) is 1.01. The van der Waals surface area contributed by atoms with Gasteiger partial charge in [-0.25, -0.2) is 0 Å². The predicted octanol–water partition coefficient (Wildman–Crippen LogP) is 3.22. The van der Waals surface area contributed by atoms with Gasteiger partial charge in [0.1, 0.15) is 5.71 Å². The third kappa shape index (κ3) is 3.79. The largest absolute Gasteiger partial charge is 0.273 e. The summed E-state index contributed by atoms with van der Waals surface area (Å²) < 4.78 is 0. The van der Waals surface area contributed by atoms with Crippen molar-refractivity contribution in [3.8, 4) is 11.8 Å². The van der Waals surface area contributed by atoms with E-state index in [9.17, 15) is 0 Å². The second kappa shape index (κ2) is 4.46. The van der Waals surface area contributed by atoms with Crippen molar-refractivity contribution in [3.05, 3.63) is 12.2 Å². The van der Waals surface area contributed by atoms with Gasteiger partial charge in [-0.2, -0.15) is 0 Å². The molecular weight excluding hydrogens is 170 g/mol. The standard InChI is InChI=1S/C13H19N/c1-5-11-7-6-8-12(14-11)9-10-13(2,3)4/h6,8,11H,5,7H2,1-4H3/t11-/m1/s1. The van der Waals surface area contributed by atoms with Crippen molar-refractivity contribution >= 4 is 5.71 Å². The molecule has 1 heteroatoms. The van der Waals surface area contributed by atoms with Crippen molar-refractivity contribution in [3.63, 3.8) is 0 Å². The summed E-state index contributed by atoms with van der Waals surface area (Å²) in [4.78, 5) is 4.56. The Labute approximate surface area is 87.3 Å². The van der Waals surface area contributed by atoms with Crippen LogP contribution in [-0.4, -0.2) is 11.8 Å². The number of allylic oxidation sites excluding steroid dienone is 1. The highest BCUT2D eigenvalue weighted by Gasteiger charge is 2.08. The molecule has 0 unspecified atom stereocenters. The third-order valence-corrected chi connectivity index (χ3v) is 2.04. The highest BCUT2D eigenvalue weighted by Crippen LogP contribution is 2.12. The molecule has 1 nitrogen and oxygen atoms in total. The van der Waals surface area contributed by atoms with Crippen LogP contribution >= 0.6 is 0 Å². The second-order valence-corrected chi connectivity index (χ2v) is 4.71. The summed E-state index contributed by atoms with van der Waals surface area (Å²) in [5, 5.41) is 0. The summed E-state index contributed by atoms with van der Waals surface area (Å²) in [6, 6.07) is 0.448. The summed E-state index contributed by atoms with van der Waals surface area (Å²) >= 11 is 0. The monoisotopic (exact) mass is 189 g/mol. The average Bonchev–Trinajstić information content (AvgIpc) is 2.14. The summed E-state index contributed by atoms with van der Waals surface area (Å²) in [6.45, 7) is 8.52. The molecule has 0 aliphatic carbocycles. The molecule has 0 spiro atoms. The number of nitrogens with zero attached hydrogens (tertiary/aromatic N) is 1. The fraction of sp³-hybridized carbons (Fsp3) is 0.615. The van der Waals surface area contributed by atoms with Gasteiger partial charge in [0.15, 0.2) is 0 Å². The van der Waals surface area contributed by atoms with E-state index in [0.717, 1.165) is 18.6 Å². The summed E-state index contributed by atoms with van der Waals surface area (Å²) in [7, 11) is 0. The lowest BCUT2D eigenvalue weighted by Gasteiger charge is -2.12. The van der Waals surface area contributed by atoms with E-state index in [1.165, 1.54) is 0 Å². The maximum atomic E-state index is 4.56. The Morgan fingerprint density at radius 1 is 1.50 bits per heavy atom. The number of aliphatic imine (C=N–C) groups is 1. The van der Waals surface area contributed by atoms with E-state index in [-0.39, 0.29) is 5.41 Å². The highest BCUT2D eigenvalue weighted by atomic mass is 14.8. The first-order chi connectivity index (χ1) is 6.51. The van der Waals surface area contributed by atoms with Crippen LogP contribution in [0, 0.1) is 17.3 Å². The molecule has 1 atom stereocenters. The minimum atomic E-state index is 0.0650. The fourth-order valence-electron chi connectivity index (χ4n) is 1.21. The zero-order valence-corrected chi connectivity index (χ0v) is 9.59. The van der Waals surface area contributed by atoms with Crippen LogP contribution in [-0.2, 0) is 0 Å². The van der Waals surface area contributed by atoms with Gasteiger partial charge < -0.3 is 0 Å². The molecule has 1 rings (SSSR count). The lowest BCUT2D eigenvalue weighted by molar-refractivity contribution is 0.571. The van der Waals surface area contributed by atoms with Crippen molar-refractivity contribution in [1.82, 2.24) is 0 Å². The molecule has 1 heterocycles. The number of hydrogen-bond donors (Lipinski definition) is 0. The van der Waals surface area contributed by atoms with Gasteiger partial charge in [0.25, 0.3) is 0 Å². The van der Waals surface area contributed by atoms with Gasteiger partial charge in [-0.1, -0.05) is 18.9 Å². The Kier molecular flexibility index (Phi) is 3.52. The van der Waals surface area contributed by atoms with Crippen LogP contribution in [0.25, 0.3) is 0 Å². The lowest BCUT2D eigenvalue weighted by Crippen LogP contribution is -2.09. The van der Waals surface area contributed by atoms with Crippen LogP contribution in [0.4, 0.5) is 0 Å². The Morgan fingerprint density at radius 2 is 2.21 bits per heavy atom.